The van der Waals surface area contributed by atoms with Crippen molar-refractivity contribution >= 4 is 11.5 Å². The van der Waals surface area contributed by atoms with Crippen LogP contribution in [0.4, 0.5) is 11.5 Å². The largest absolute Gasteiger partial charge is 0.497 e. The molecule has 0 bridgehead atoms. The van der Waals surface area contributed by atoms with Crippen molar-refractivity contribution in [2.75, 3.05) is 43.1 Å². The van der Waals surface area contributed by atoms with E-state index in [1.54, 1.807) is 13.3 Å². The van der Waals surface area contributed by atoms with Crippen molar-refractivity contribution < 1.29 is 4.74 Å². The Morgan fingerprint density at radius 1 is 0.885 bits per heavy atom. The summed E-state index contributed by atoms with van der Waals surface area (Å²) < 4.78 is 5.31. The highest BCUT2D eigenvalue weighted by atomic mass is 16.5. The lowest BCUT2D eigenvalue weighted by atomic mass is 10.1. The molecule has 2 aromatic heterocycles. The number of rotatable bonds is 4. The minimum atomic E-state index is 0.820. The second-order valence-electron chi connectivity index (χ2n) is 6.17. The second-order valence-corrected chi connectivity index (χ2v) is 6.17. The van der Waals surface area contributed by atoms with E-state index >= 15 is 0 Å². The van der Waals surface area contributed by atoms with E-state index < -0.39 is 0 Å². The maximum atomic E-state index is 5.31. The van der Waals surface area contributed by atoms with Gasteiger partial charge in [-0.3, -0.25) is 9.97 Å². The summed E-state index contributed by atoms with van der Waals surface area (Å²) in [6, 6.07) is 12.0. The Kier molecular flexibility index (Phi) is 4.64. The number of anilines is 2. The van der Waals surface area contributed by atoms with Crippen LogP contribution in [0.5, 0.6) is 5.75 Å². The summed E-state index contributed by atoms with van der Waals surface area (Å²) in [6.45, 7) is 3.74. The Morgan fingerprint density at radius 2 is 1.65 bits per heavy atom. The molecule has 4 rings (SSSR count). The zero-order valence-electron chi connectivity index (χ0n) is 14.7. The van der Waals surface area contributed by atoms with E-state index in [0.29, 0.717) is 0 Å². The number of aromatic nitrogens is 3. The van der Waals surface area contributed by atoms with Crippen LogP contribution in [0.15, 0.2) is 61.2 Å². The Bertz CT molecular complexity index is 863. The number of nitrogens with zero attached hydrogens (tertiary/aromatic N) is 5. The van der Waals surface area contributed by atoms with Crippen LogP contribution in [-0.4, -0.2) is 48.2 Å². The number of hydrogen-bond acceptors (Lipinski definition) is 6. The number of methoxy groups -OCH3 is 1. The highest BCUT2D eigenvalue weighted by Crippen LogP contribution is 2.24. The average Bonchev–Trinajstić information content (AvgIpc) is 2.75. The lowest BCUT2D eigenvalue weighted by Crippen LogP contribution is -2.46. The monoisotopic (exact) mass is 347 g/mol. The van der Waals surface area contributed by atoms with E-state index in [1.807, 2.05) is 42.9 Å². The normalized spacial score (nSPS) is 14.3. The van der Waals surface area contributed by atoms with Crippen LogP contribution in [0.2, 0.25) is 0 Å². The summed E-state index contributed by atoms with van der Waals surface area (Å²) in [7, 11) is 1.67. The van der Waals surface area contributed by atoms with Gasteiger partial charge in [0.2, 0.25) is 0 Å². The van der Waals surface area contributed by atoms with Crippen molar-refractivity contribution in [3.05, 3.63) is 61.2 Å². The van der Waals surface area contributed by atoms with Gasteiger partial charge in [-0.25, -0.2) is 4.98 Å². The third-order valence-corrected chi connectivity index (χ3v) is 4.62. The van der Waals surface area contributed by atoms with Gasteiger partial charge >= 0.3 is 0 Å². The van der Waals surface area contributed by atoms with Gasteiger partial charge in [-0.1, -0.05) is 12.1 Å². The van der Waals surface area contributed by atoms with E-state index in [9.17, 15) is 0 Å². The molecule has 1 aliphatic heterocycles. The minimum Gasteiger partial charge on any atom is -0.497 e. The summed E-state index contributed by atoms with van der Waals surface area (Å²) in [6.07, 6.45) is 7.31. The van der Waals surface area contributed by atoms with Gasteiger partial charge in [0.15, 0.2) is 0 Å². The molecule has 1 saturated heterocycles. The van der Waals surface area contributed by atoms with Crippen molar-refractivity contribution in [2.24, 2.45) is 0 Å². The number of ether oxygens (including phenoxy) is 1. The van der Waals surface area contributed by atoms with Gasteiger partial charge in [0.05, 0.1) is 25.2 Å². The molecule has 1 aromatic carbocycles. The molecule has 0 aliphatic carbocycles. The fourth-order valence-corrected chi connectivity index (χ4v) is 3.18. The van der Waals surface area contributed by atoms with Gasteiger partial charge in [-0.15, -0.1) is 0 Å². The first-order valence-corrected chi connectivity index (χ1v) is 8.70. The molecule has 3 aromatic rings. The number of piperazine rings is 1. The summed E-state index contributed by atoms with van der Waals surface area (Å²) in [5.74, 6) is 1.74. The van der Waals surface area contributed by atoms with Crippen LogP contribution in [0, 0.1) is 0 Å². The van der Waals surface area contributed by atoms with Crippen molar-refractivity contribution in [3.8, 4) is 17.0 Å². The fourth-order valence-electron chi connectivity index (χ4n) is 3.18. The van der Waals surface area contributed by atoms with Crippen molar-refractivity contribution in [1.82, 2.24) is 15.0 Å². The Labute approximate surface area is 153 Å². The first kappa shape index (κ1) is 16.3. The van der Waals surface area contributed by atoms with Gasteiger partial charge in [0, 0.05) is 49.8 Å². The molecular weight excluding hydrogens is 326 g/mol. The molecule has 0 saturated carbocycles. The SMILES string of the molecule is COc1cccc(-c2cncc(N3CCN(c4ccncc4)CC3)n2)c1. The second kappa shape index (κ2) is 7.39. The molecule has 0 amide bonds. The zero-order valence-corrected chi connectivity index (χ0v) is 14.7. The van der Waals surface area contributed by atoms with Crippen LogP contribution >= 0.6 is 0 Å². The van der Waals surface area contributed by atoms with E-state index in [2.05, 4.69) is 31.9 Å². The predicted molar refractivity (Wildman–Crippen MR) is 103 cm³/mol. The molecule has 0 N–H and O–H groups in total. The number of hydrogen-bond donors (Lipinski definition) is 0. The first-order valence-electron chi connectivity index (χ1n) is 8.70. The minimum absolute atomic E-state index is 0.820. The van der Waals surface area contributed by atoms with Gasteiger partial charge in [0.1, 0.15) is 11.6 Å². The van der Waals surface area contributed by atoms with Crippen LogP contribution in [0.3, 0.4) is 0 Å². The summed E-state index contributed by atoms with van der Waals surface area (Å²) >= 11 is 0. The van der Waals surface area contributed by atoms with Crippen LogP contribution in [0.25, 0.3) is 11.3 Å². The molecule has 0 radical (unpaired) electrons. The molecule has 6 nitrogen and oxygen atoms in total. The summed E-state index contributed by atoms with van der Waals surface area (Å²) in [4.78, 5) is 18.0. The molecule has 132 valence electrons. The zero-order chi connectivity index (χ0) is 17.8. The summed E-state index contributed by atoms with van der Waals surface area (Å²) in [5.41, 5.74) is 3.09. The van der Waals surface area contributed by atoms with E-state index in [0.717, 1.165) is 49.0 Å². The molecule has 0 atom stereocenters. The highest BCUT2D eigenvalue weighted by Gasteiger charge is 2.19. The molecule has 1 aliphatic rings. The quantitative estimate of drug-likeness (QED) is 0.723. The maximum absolute atomic E-state index is 5.31. The van der Waals surface area contributed by atoms with Gasteiger partial charge < -0.3 is 14.5 Å². The highest BCUT2D eigenvalue weighted by molar-refractivity contribution is 5.62. The third-order valence-electron chi connectivity index (χ3n) is 4.62. The third kappa shape index (κ3) is 3.44. The molecule has 1 fully saturated rings. The van der Waals surface area contributed by atoms with Gasteiger partial charge in [-0.05, 0) is 24.3 Å². The van der Waals surface area contributed by atoms with E-state index in [4.69, 9.17) is 9.72 Å². The molecular formula is C20H21N5O. The van der Waals surface area contributed by atoms with E-state index in [-0.39, 0.29) is 0 Å². The fraction of sp³-hybridized carbons (Fsp3) is 0.250. The number of pyridine rings is 1. The van der Waals surface area contributed by atoms with Crippen LogP contribution < -0.4 is 14.5 Å². The lowest BCUT2D eigenvalue weighted by molar-refractivity contribution is 0.415. The van der Waals surface area contributed by atoms with E-state index in [1.165, 1.54) is 5.69 Å². The average molecular weight is 347 g/mol. The van der Waals surface area contributed by atoms with Gasteiger partial charge in [0.25, 0.3) is 0 Å². The topological polar surface area (TPSA) is 54.4 Å². The molecule has 0 unspecified atom stereocenters. The molecule has 3 heterocycles. The van der Waals surface area contributed by atoms with Crippen LogP contribution in [0.1, 0.15) is 0 Å². The maximum Gasteiger partial charge on any atom is 0.147 e. The lowest BCUT2D eigenvalue weighted by Gasteiger charge is -2.36. The van der Waals surface area contributed by atoms with Crippen molar-refractivity contribution in [3.63, 3.8) is 0 Å². The number of benzene rings is 1. The van der Waals surface area contributed by atoms with Crippen molar-refractivity contribution in [1.29, 1.82) is 0 Å². The standard InChI is InChI=1S/C20H21N5O/c1-26-18-4-2-3-16(13-18)19-14-22-15-20(23-19)25-11-9-24(10-12-25)17-5-7-21-8-6-17/h2-8,13-15H,9-12H2,1H3. The Morgan fingerprint density at radius 3 is 2.42 bits per heavy atom. The Balaban J connectivity index is 1.49. The van der Waals surface area contributed by atoms with Crippen molar-refractivity contribution in [2.45, 2.75) is 0 Å². The smallest absolute Gasteiger partial charge is 0.147 e. The van der Waals surface area contributed by atoms with Gasteiger partial charge in [-0.2, -0.15) is 0 Å². The molecule has 0 spiro atoms. The first-order chi connectivity index (χ1) is 12.8. The van der Waals surface area contributed by atoms with Crippen LogP contribution in [-0.2, 0) is 0 Å². The Hall–Kier alpha value is -3.15. The molecule has 6 heteroatoms. The predicted octanol–water partition coefficient (Wildman–Crippen LogP) is 2.87. The summed E-state index contributed by atoms with van der Waals surface area (Å²) in [5, 5.41) is 0. The molecule has 26 heavy (non-hydrogen) atoms.